The van der Waals surface area contributed by atoms with E-state index in [1.807, 2.05) is 13.8 Å². The van der Waals surface area contributed by atoms with Crippen LogP contribution in [0.15, 0.2) is 0 Å². The Bertz CT molecular complexity index is 331. The lowest BCUT2D eigenvalue weighted by molar-refractivity contribution is 0.0486. The van der Waals surface area contributed by atoms with Crippen LogP contribution in [-0.4, -0.2) is 22.5 Å². The van der Waals surface area contributed by atoms with Crippen LogP contribution in [0.3, 0.4) is 0 Å². The Kier molecular flexibility index (Phi) is 4.34. The zero-order valence-electron chi connectivity index (χ0n) is 9.59. The van der Waals surface area contributed by atoms with Crippen molar-refractivity contribution in [1.82, 2.24) is 9.97 Å². The number of hydrogen-bond acceptors (Lipinski definition) is 3. The molecule has 0 unspecified atom stereocenters. The standard InChI is InChI=1S/C11H18N2O2/c1-4-6-7-15-11(14)10-12-8(3)9(5-2)13-10/h4-7H2,1-3H3,(H,12,13). The molecule has 0 saturated heterocycles. The van der Waals surface area contributed by atoms with E-state index in [0.29, 0.717) is 12.4 Å². The number of H-pyrrole nitrogens is 1. The van der Waals surface area contributed by atoms with Crippen LogP contribution in [0, 0.1) is 6.92 Å². The van der Waals surface area contributed by atoms with E-state index in [2.05, 4.69) is 16.9 Å². The van der Waals surface area contributed by atoms with Gasteiger partial charge in [-0.3, -0.25) is 0 Å². The molecule has 84 valence electrons. The second-order valence-corrected chi connectivity index (χ2v) is 3.50. The van der Waals surface area contributed by atoms with Gasteiger partial charge in [0.15, 0.2) is 0 Å². The number of carbonyl (C=O) groups excluding carboxylic acids is 1. The first kappa shape index (κ1) is 11.8. The van der Waals surface area contributed by atoms with Crippen molar-refractivity contribution in [2.75, 3.05) is 6.61 Å². The highest BCUT2D eigenvalue weighted by atomic mass is 16.5. The number of nitrogens with one attached hydrogen (secondary N) is 1. The number of aryl methyl sites for hydroxylation is 2. The van der Waals surface area contributed by atoms with Crippen molar-refractivity contribution in [2.45, 2.75) is 40.0 Å². The molecule has 15 heavy (non-hydrogen) atoms. The molecule has 0 bridgehead atoms. The van der Waals surface area contributed by atoms with Gasteiger partial charge in [-0.05, 0) is 19.8 Å². The molecule has 1 N–H and O–H groups in total. The van der Waals surface area contributed by atoms with E-state index >= 15 is 0 Å². The molecule has 0 saturated carbocycles. The van der Waals surface area contributed by atoms with Crippen molar-refractivity contribution >= 4 is 5.97 Å². The van der Waals surface area contributed by atoms with Crippen LogP contribution < -0.4 is 0 Å². The van der Waals surface area contributed by atoms with Gasteiger partial charge in [0, 0.05) is 5.69 Å². The van der Waals surface area contributed by atoms with Gasteiger partial charge in [0.05, 0.1) is 12.3 Å². The van der Waals surface area contributed by atoms with Crippen LogP contribution in [0.25, 0.3) is 0 Å². The maximum atomic E-state index is 11.5. The molecule has 0 fully saturated rings. The number of hydrogen-bond donors (Lipinski definition) is 1. The fourth-order valence-corrected chi connectivity index (χ4v) is 1.31. The van der Waals surface area contributed by atoms with Crippen molar-refractivity contribution in [2.24, 2.45) is 0 Å². The highest BCUT2D eigenvalue weighted by Gasteiger charge is 2.13. The van der Waals surface area contributed by atoms with Gasteiger partial charge in [-0.25, -0.2) is 9.78 Å². The number of rotatable bonds is 5. The predicted molar refractivity (Wildman–Crippen MR) is 57.9 cm³/mol. The molecule has 1 aromatic heterocycles. The van der Waals surface area contributed by atoms with E-state index in [4.69, 9.17) is 4.74 Å². The molecule has 0 atom stereocenters. The molecule has 0 radical (unpaired) electrons. The van der Waals surface area contributed by atoms with Gasteiger partial charge in [0.25, 0.3) is 0 Å². The van der Waals surface area contributed by atoms with Crippen LogP contribution in [0.5, 0.6) is 0 Å². The van der Waals surface area contributed by atoms with Crippen LogP contribution in [0.1, 0.15) is 48.7 Å². The number of carbonyl (C=O) groups is 1. The van der Waals surface area contributed by atoms with E-state index in [9.17, 15) is 4.79 Å². The smallest absolute Gasteiger partial charge is 0.374 e. The van der Waals surface area contributed by atoms with Crippen LogP contribution in [-0.2, 0) is 11.2 Å². The summed E-state index contributed by atoms with van der Waals surface area (Å²) in [6.07, 6.45) is 2.74. The zero-order valence-corrected chi connectivity index (χ0v) is 9.59. The van der Waals surface area contributed by atoms with Crippen molar-refractivity contribution in [3.05, 3.63) is 17.2 Å². The van der Waals surface area contributed by atoms with Crippen molar-refractivity contribution in [1.29, 1.82) is 0 Å². The Morgan fingerprint density at radius 1 is 1.47 bits per heavy atom. The molecule has 0 aromatic carbocycles. The summed E-state index contributed by atoms with van der Waals surface area (Å²) in [7, 11) is 0. The Morgan fingerprint density at radius 2 is 2.20 bits per heavy atom. The first-order valence-electron chi connectivity index (χ1n) is 5.41. The minimum absolute atomic E-state index is 0.320. The third-order valence-electron chi connectivity index (χ3n) is 2.24. The number of aromatic amines is 1. The molecular formula is C11H18N2O2. The Morgan fingerprint density at radius 3 is 2.73 bits per heavy atom. The summed E-state index contributed by atoms with van der Waals surface area (Å²) in [5, 5.41) is 0. The van der Waals surface area contributed by atoms with E-state index in [1.54, 1.807) is 0 Å². The van der Waals surface area contributed by atoms with Gasteiger partial charge in [0.1, 0.15) is 0 Å². The summed E-state index contributed by atoms with van der Waals surface area (Å²) < 4.78 is 5.05. The minimum atomic E-state index is -0.355. The molecule has 0 amide bonds. The van der Waals surface area contributed by atoms with Crippen molar-refractivity contribution in [3.63, 3.8) is 0 Å². The van der Waals surface area contributed by atoms with Gasteiger partial charge in [-0.2, -0.15) is 0 Å². The summed E-state index contributed by atoms with van der Waals surface area (Å²) in [6.45, 7) is 6.45. The molecular weight excluding hydrogens is 192 g/mol. The molecule has 1 heterocycles. The van der Waals surface area contributed by atoms with E-state index < -0.39 is 0 Å². The van der Waals surface area contributed by atoms with Gasteiger partial charge >= 0.3 is 5.97 Å². The molecule has 1 aromatic rings. The monoisotopic (exact) mass is 210 g/mol. The normalized spacial score (nSPS) is 10.3. The second kappa shape index (κ2) is 5.53. The number of unbranched alkanes of at least 4 members (excludes halogenated alkanes) is 1. The van der Waals surface area contributed by atoms with Crippen molar-refractivity contribution < 1.29 is 9.53 Å². The number of imidazole rings is 1. The fraction of sp³-hybridized carbons (Fsp3) is 0.636. The lowest BCUT2D eigenvalue weighted by atomic mass is 10.3. The first-order valence-corrected chi connectivity index (χ1v) is 5.41. The highest BCUT2D eigenvalue weighted by Crippen LogP contribution is 2.06. The summed E-state index contributed by atoms with van der Waals surface area (Å²) >= 11 is 0. The number of esters is 1. The molecule has 4 heteroatoms. The summed E-state index contributed by atoms with van der Waals surface area (Å²) in [5.41, 5.74) is 1.87. The first-order chi connectivity index (χ1) is 7.19. The van der Waals surface area contributed by atoms with Crippen LogP contribution in [0.2, 0.25) is 0 Å². The average molecular weight is 210 g/mol. The lowest BCUT2D eigenvalue weighted by Gasteiger charge is -2.00. The Labute approximate surface area is 90.1 Å². The number of ether oxygens (including phenoxy) is 1. The zero-order chi connectivity index (χ0) is 11.3. The fourth-order valence-electron chi connectivity index (χ4n) is 1.31. The van der Waals surface area contributed by atoms with Gasteiger partial charge in [0.2, 0.25) is 5.82 Å². The van der Waals surface area contributed by atoms with E-state index in [-0.39, 0.29) is 5.97 Å². The predicted octanol–water partition coefficient (Wildman–Crippen LogP) is 2.24. The third-order valence-corrected chi connectivity index (χ3v) is 2.24. The lowest BCUT2D eigenvalue weighted by Crippen LogP contribution is -2.08. The minimum Gasteiger partial charge on any atom is -0.460 e. The van der Waals surface area contributed by atoms with E-state index in [1.165, 1.54) is 0 Å². The molecule has 0 spiro atoms. The Balaban J connectivity index is 2.58. The molecule has 0 aliphatic rings. The van der Waals surface area contributed by atoms with Gasteiger partial charge < -0.3 is 9.72 Å². The third kappa shape index (κ3) is 3.08. The molecule has 4 nitrogen and oxygen atoms in total. The molecule has 0 aliphatic carbocycles. The van der Waals surface area contributed by atoms with E-state index in [0.717, 1.165) is 30.7 Å². The van der Waals surface area contributed by atoms with Crippen LogP contribution in [0.4, 0.5) is 0 Å². The topological polar surface area (TPSA) is 55.0 Å². The quantitative estimate of drug-likeness (QED) is 0.599. The maximum absolute atomic E-state index is 11.5. The number of nitrogens with zero attached hydrogens (tertiary/aromatic N) is 1. The van der Waals surface area contributed by atoms with Gasteiger partial charge in [-0.1, -0.05) is 20.3 Å². The Hall–Kier alpha value is -1.32. The maximum Gasteiger partial charge on any atom is 0.374 e. The SMILES string of the molecule is CCCCOC(=O)c1nc(CC)c(C)[nH]1. The summed E-state index contributed by atoms with van der Waals surface area (Å²) in [5.74, 6) is -0.0355. The number of aromatic nitrogens is 2. The largest absolute Gasteiger partial charge is 0.460 e. The molecule has 1 rings (SSSR count). The second-order valence-electron chi connectivity index (χ2n) is 3.50. The average Bonchev–Trinajstić information content (AvgIpc) is 2.60. The van der Waals surface area contributed by atoms with Gasteiger partial charge in [-0.15, -0.1) is 0 Å². The highest BCUT2D eigenvalue weighted by molar-refractivity contribution is 5.85. The van der Waals surface area contributed by atoms with Crippen LogP contribution >= 0.6 is 0 Å². The summed E-state index contributed by atoms with van der Waals surface area (Å²) in [4.78, 5) is 18.6. The summed E-state index contributed by atoms with van der Waals surface area (Å²) in [6, 6.07) is 0. The van der Waals surface area contributed by atoms with Crippen molar-refractivity contribution in [3.8, 4) is 0 Å². The molecule has 0 aliphatic heterocycles.